The SMILES string of the molecule is Cn1cc(S(=O)(=O)NCCCCCCO)cc1C(=O)O. The molecule has 0 radical (unpaired) electrons. The van der Waals surface area contributed by atoms with Gasteiger partial charge in [0.15, 0.2) is 0 Å². The maximum absolute atomic E-state index is 12.0. The van der Waals surface area contributed by atoms with E-state index >= 15 is 0 Å². The summed E-state index contributed by atoms with van der Waals surface area (Å²) in [5.41, 5.74) is -0.0756. The van der Waals surface area contributed by atoms with Crippen LogP contribution in [0.1, 0.15) is 36.2 Å². The molecule has 7 nitrogen and oxygen atoms in total. The highest BCUT2D eigenvalue weighted by molar-refractivity contribution is 7.89. The van der Waals surface area contributed by atoms with Crippen molar-refractivity contribution in [3.05, 3.63) is 18.0 Å². The molecule has 0 fully saturated rings. The molecule has 0 atom stereocenters. The van der Waals surface area contributed by atoms with Crippen molar-refractivity contribution >= 4 is 16.0 Å². The number of nitrogens with one attached hydrogen (secondary N) is 1. The van der Waals surface area contributed by atoms with Crippen LogP contribution in [0.4, 0.5) is 0 Å². The smallest absolute Gasteiger partial charge is 0.352 e. The van der Waals surface area contributed by atoms with Gasteiger partial charge in [0.05, 0.1) is 0 Å². The predicted molar refractivity (Wildman–Crippen MR) is 73.1 cm³/mol. The zero-order valence-electron chi connectivity index (χ0n) is 11.4. The summed E-state index contributed by atoms with van der Waals surface area (Å²) >= 11 is 0. The van der Waals surface area contributed by atoms with Crippen molar-refractivity contribution in [3.8, 4) is 0 Å². The summed E-state index contributed by atoms with van der Waals surface area (Å²) in [6, 6.07) is 1.14. The molecule has 114 valence electrons. The van der Waals surface area contributed by atoms with Crippen LogP contribution in [0.5, 0.6) is 0 Å². The number of aromatic carboxylic acids is 1. The minimum absolute atomic E-state index is 0.0484. The third-order valence-electron chi connectivity index (χ3n) is 2.89. The van der Waals surface area contributed by atoms with Gasteiger partial charge < -0.3 is 14.8 Å². The summed E-state index contributed by atoms with van der Waals surface area (Å²) in [4.78, 5) is 10.8. The number of aliphatic hydroxyl groups excluding tert-OH is 1. The van der Waals surface area contributed by atoms with Gasteiger partial charge in [-0.15, -0.1) is 0 Å². The van der Waals surface area contributed by atoms with Crippen LogP contribution in [0.2, 0.25) is 0 Å². The van der Waals surface area contributed by atoms with Crippen LogP contribution < -0.4 is 4.72 Å². The van der Waals surface area contributed by atoms with Crippen LogP contribution in [-0.2, 0) is 17.1 Å². The molecule has 1 aromatic heterocycles. The van der Waals surface area contributed by atoms with E-state index in [1.807, 2.05) is 0 Å². The molecule has 20 heavy (non-hydrogen) atoms. The van der Waals surface area contributed by atoms with E-state index < -0.39 is 16.0 Å². The number of carboxylic acids is 1. The fourth-order valence-electron chi connectivity index (χ4n) is 1.77. The zero-order chi connectivity index (χ0) is 15.2. The van der Waals surface area contributed by atoms with E-state index in [0.29, 0.717) is 19.4 Å². The lowest BCUT2D eigenvalue weighted by Crippen LogP contribution is -2.24. The molecule has 0 unspecified atom stereocenters. The largest absolute Gasteiger partial charge is 0.477 e. The molecule has 0 aliphatic carbocycles. The summed E-state index contributed by atoms with van der Waals surface area (Å²) in [5, 5.41) is 17.5. The van der Waals surface area contributed by atoms with Crippen molar-refractivity contribution < 1.29 is 23.4 Å². The maximum Gasteiger partial charge on any atom is 0.352 e. The lowest BCUT2D eigenvalue weighted by molar-refractivity contribution is 0.0686. The van der Waals surface area contributed by atoms with Crippen molar-refractivity contribution in [1.82, 2.24) is 9.29 Å². The third-order valence-corrected chi connectivity index (χ3v) is 4.31. The number of aliphatic hydroxyl groups is 1. The Morgan fingerprint density at radius 1 is 1.30 bits per heavy atom. The molecule has 0 aliphatic heterocycles. The molecule has 0 saturated carbocycles. The van der Waals surface area contributed by atoms with Crippen LogP contribution in [0.3, 0.4) is 0 Å². The van der Waals surface area contributed by atoms with E-state index in [0.717, 1.165) is 18.9 Å². The molecule has 0 bridgehead atoms. The fraction of sp³-hybridized carbons (Fsp3) is 0.583. The van der Waals surface area contributed by atoms with Gasteiger partial charge in [0, 0.05) is 26.4 Å². The van der Waals surface area contributed by atoms with Crippen molar-refractivity contribution in [2.24, 2.45) is 7.05 Å². The van der Waals surface area contributed by atoms with Crippen molar-refractivity contribution in [1.29, 1.82) is 0 Å². The van der Waals surface area contributed by atoms with Gasteiger partial charge >= 0.3 is 5.97 Å². The molecule has 1 aromatic rings. The van der Waals surface area contributed by atoms with Gasteiger partial charge in [0.1, 0.15) is 10.6 Å². The van der Waals surface area contributed by atoms with Crippen LogP contribution in [0.15, 0.2) is 17.2 Å². The number of aromatic nitrogens is 1. The normalized spacial score (nSPS) is 11.7. The lowest BCUT2D eigenvalue weighted by atomic mass is 10.2. The first-order valence-corrected chi connectivity index (χ1v) is 7.87. The minimum atomic E-state index is -3.67. The van der Waals surface area contributed by atoms with Crippen molar-refractivity contribution in [3.63, 3.8) is 0 Å². The van der Waals surface area contributed by atoms with Gasteiger partial charge in [0.25, 0.3) is 0 Å². The fourth-order valence-corrected chi connectivity index (χ4v) is 2.92. The van der Waals surface area contributed by atoms with E-state index in [1.54, 1.807) is 0 Å². The summed E-state index contributed by atoms with van der Waals surface area (Å²) in [6.45, 7) is 0.443. The number of unbranched alkanes of at least 4 members (excludes halogenated alkanes) is 3. The minimum Gasteiger partial charge on any atom is -0.477 e. The Hall–Kier alpha value is -1.38. The first-order valence-electron chi connectivity index (χ1n) is 6.38. The third kappa shape index (κ3) is 4.62. The number of sulfonamides is 1. The molecule has 1 heterocycles. The molecular formula is C12H20N2O5S. The number of rotatable bonds is 9. The molecule has 0 aliphatic rings. The summed E-state index contributed by atoms with van der Waals surface area (Å²) in [7, 11) is -2.19. The zero-order valence-corrected chi connectivity index (χ0v) is 12.2. The standard InChI is InChI=1S/C12H20N2O5S/c1-14-9-10(8-11(14)12(16)17)20(18,19)13-6-4-2-3-5-7-15/h8-9,13,15H,2-7H2,1H3,(H,16,17). The van der Waals surface area contributed by atoms with Crippen LogP contribution in [0.25, 0.3) is 0 Å². The second-order valence-corrected chi connectivity index (χ2v) is 6.28. The Labute approximate surface area is 118 Å². The molecule has 0 amide bonds. The van der Waals surface area contributed by atoms with E-state index in [4.69, 9.17) is 10.2 Å². The molecule has 0 saturated heterocycles. The second-order valence-electron chi connectivity index (χ2n) is 4.51. The molecule has 0 aromatic carbocycles. The van der Waals surface area contributed by atoms with Crippen LogP contribution in [0, 0.1) is 0 Å². The highest BCUT2D eigenvalue weighted by atomic mass is 32.2. The number of nitrogens with zero attached hydrogens (tertiary/aromatic N) is 1. The average Bonchev–Trinajstić information content (AvgIpc) is 2.76. The highest BCUT2D eigenvalue weighted by Crippen LogP contribution is 2.13. The predicted octanol–water partition coefficient (Wildman–Crippen LogP) is 0.554. The van der Waals surface area contributed by atoms with E-state index in [9.17, 15) is 13.2 Å². The van der Waals surface area contributed by atoms with Gasteiger partial charge in [-0.05, 0) is 18.9 Å². The van der Waals surface area contributed by atoms with Crippen molar-refractivity contribution in [2.45, 2.75) is 30.6 Å². The molecular weight excluding hydrogens is 284 g/mol. The highest BCUT2D eigenvalue weighted by Gasteiger charge is 2.19. The quantitative estimate of drug-likeness (QED) is 0.577. The van der Waals surface area contributed by atoms with Crippen LogP contribution in [-0.4, -0.2) is 42.3 Å². The Kier molecular flexibility index (Phi) is 6.18. The number of carboxylic acid groups (broad SMARTS) is 1. The van der Waals surface area contributed by atoms with Gasteiger partial charge in [-0.3, -0.25) is 0 Å². The molecule has 3 N–H and O–H groups in total. The van der Waals surface area contributed by atoms with Gasteiger partial charge in [-0.25, -0.2) is 17.9 Å². The Bertz CT molecular complexity index is 550. The summed E-state index contributed by atoms with van der Waals surface area (Å²) < 4.78 is 27.6. The Morgan fingerprint density at radius 2 is 1.95 bits per heavy atom. The maximum atomic E-state index is 12.0. The van der Waals surface area contributed by atoms with Crippen molar-refractivity contribution in [2.75, 3.05) is 13.2 Å². The molecule has 0 spiro atoms. The number of hydrogen-bond donors (Lipinski definition) is 3. The van der Waals surface area contributed by atoms with Crippen LogP contribution >= 0.6 is 0 Å². The first kappa shape index (κ1) is 16.7. The average molecular weight is 304 g/mol. The second kappa shape index (κ2) is 7.41. The molecule has 1 rings (SSSR count). The monoisotopic (exact) mass is 304 g/mol. The van der Waals surface area contributed by atoms with Gasteiger partial charge in [-0.1, -0.05) is 12.8 Å². The van der Waals surface area contributed by atoms with Gasteiger partial charge in [0.2, 0.25) is 10.0 Å². The topological polar surface area (TPSA) is 109 Å². The lowest BCUT2D eigenvalue weighted by Gasteiger charge is -2.04. The Balaban J connectivity index is 2.56. The Morgan fingerprint density at radius 3 is 2.50 bits per heavy atom. The number of aryl methyl sites for hydroxylation is 1. The van der Waals surface area contributed by atoms with E-state index in [1.165, 1.54) is 17.8 Å². The summed E-state index contributed by atoms with van der Waals surface area (Å²) in [6.07, 6.45) is 4.35. The van der Waals surface area contributed by atoms with E-state index in [-0.39, 0.29) is 17.2 Å². The first-order chi connectivity index (χ1) is 9.38. The van der Waals surface area contributed by atoms with E-state index in [2.05, 4.69) is 4.72 Å². The summed E-state index contributed by atoms with van der Waals surface area (Å²) in [5.74, 6) is -1.17. The molecule has 8 heteroatoms. The number of hydrogen-bond acceptors (Lipinski definition) is 4. The van der Waals surface area contributed by atoms with Gasteiger partial charge in [-0.2, -0.15) is 0 Å². The number of carbonyl (C=O) groups is 1.